The maximum atomic E-state index is 4.28. The highest BCUT2D eigenvalue weighted by molar-refractivity contribution is 5.51. The van der Waals surface area contributed by atoms with Crippen LogP contribution in [0.25, 0.3) is 0 Å². The van der Waals surface area contributed by atoms with Crippen molar-refractivity contribution in [1.82, 2.24) is 19.6 Å². The fraction of sp³-hybridized carbons (Fsp3) is 0.304. The van der Waals surface area contributed by atoms with E-state index in [9.17, 15) is 0 Å². The number of aryl methyl sites for hydroxylation is 4. The summed E-state index contributed by atoms with van der Waals surface area (Å²) >= 11 is 0. The molecule has 180 valence electrons. The van der Waals surface area contributed by atoms with Gasteiger partial charge in [-0.05, 0) is 65.1 Å². The lowest BCUT2D eigenvalue weighted by molar-refractivity contribution is -0.659. The van der Waals surface area contributed by atoms with E-state index < -0.39 is 0 Å². The van der Waals surface area contributed by atoms with Gasteiger partial charge in [0, 0.05) is 34.7 Å². The number of nitrogens with zero attached hydrogens (tertiary/aromatic N) is 10. The van der Waals surface area contributed by atoms with Crippen molar-refractivity contribution in [3.63, 3.8) is 0 Å². The van der Waals surface area contributed by atoms with Gasteiger partial charge in [0.15, 0.2) is 0 Å². The Labute approximate surface area is 203 Å². The molecule has 0 aliphatic heterocycles. The third-order valence-corrected chi connectivity index (χ3v) is 5.26. The molecular formula is C23H30N12+2. The molecule has 12 nitrogen and oxygen atoms in total. The molecule has 0 atom stereocenters. The second-order valence-corrected chi connectivity index (χ2v) is 8.03. The third-order valence-electron chi connectivity index (χ3n) is 5.26. The first kappa shape index (κ1) is 23.7. The van der Waals surface area contributed by atoms with Gasteiger partial charge in [-0.2, -0.15) is 0 Å². The summed E-state index contributed by atoms with van der Waals surface area (Å²) in [5.41, 5.74) is 3.67. The first-order chi connectivity index (χ1) is 17.0. The van der Waals surface area contributed by atoms with Crippen molar-refractivity contribution in [2.75, 3.05) is 23.7 Å². The fourth-order valence-electron chi connectivity index (χ4n) is 3.29. The summed E-state index contributed by atoms with van der Waals surface area (Å²) in [6, 6.07) is 15.8. The van der Waals surface area contributed by atoms with Gasteiger partial charge in [0.25, 0.3) is 0 Å². The van der Waals surface area contributed by atoms with E-state index in [2.05, 4.69) is 41.3 Å². The van der Waals surface area contributed by atoms with Crippen LogP contribution in [-0.2, 0) is 28.2 Å². The molecule has 0 fully saturated rings. The van der Waals surface area contributed by atoms with Crippen LogP contribution >= 0.6 is 0 Å². The van der Waals surface area contributed by atoms with Gasteiger partial charge in [-0.3, -0.25) is 0 Å². The van der Waals surface area contributed by atoms with Crippen molar-refractivity contribution in [2.24, 2.45) is 48.6 Å². The van der Waals surface area contributed by atoms with E-state index in [0.29, 0.717) is 11.9 Å². The van der Waals surface area contributed by atoms with E-state index in [-0.39, 0.29) is 0 Å². The van der Waals surface area contributed by atoms with Crippen LogP contribution in [0.4, 0.5) is 34.6 Å². The average Bonchev–Trinajstić information content (AvgIpc) is 3.37. The van der Waals surface area contributed by atoms with E-state index >= 15 is 0 Å². The molecular weight excluding hydrogens is 444 g/mol. The molecule has 2 N–H and O–H groups in total. The highest BCUT2D eigenvalue weighted by Crippen LogP contribution is 2.20. The molecule has 0 saturated heterocycles. The Morgan fingerprint density at radius 3 is 1.40 bits per heavy atom. The summed E-state index contributed by atoms with van der Waals surface area (Å²) in [5.74, 6) is 1.36. The second-order valence-electron chi connectivity index (χ2n) is 8.03. The fourth-order valence-corrected chi connectivity index (χ4v) is 3.29. The third kappa shape index (κ3) is 6.31. The standard InChI is InChI=1S/C23H28N12/c1-32-16-26-34(3)22(32)30-28-20-10-6-18(7-11-20)24-14-5-15-25-19-8-12-21(13-9-19)29-31-23-33(2)17-27-35(23)4/h6-13,16-17H,5,14-15H2,1-4H3/p+2. The van der Waals surface area contributed by atoms with Gasteiger partial charge in [0.2, 0.25) is 12.7 Å². The molecule has 0 unspecified atom stereocenters. The molecule has 4 rings (SSSR count). The molecule has 0 radical (unpaired) electrons. The molecule has 12 heteroatoms. The minimum absolute atomic E-state index is 0.678. The van der Waals surface area contributed by atoms with Crippen LogP contribution in [0.3, 0.4) is 0 Å². The Morgan fingerprint density at radius 2 is 1.06 bits per heavy atom. The topological polar surface area (TPSA) is 117 Å². The normalized spacial score (nSPS) is 11.5. The maximum absolute atomic E-state index is 4.28. The molecule has 35 heavy (non-hydrogen) atoms. The molecule has 2 aromatic carbocycles. The van der Waals surface area contributed by atoms with Gasteiger partial charge < -0.3 is 10.6 Å². The number of nitrogens with one attached hydrogen (secondary N) is 2. The van der Waals surface area contributed by atoms with Crippen molar-refractivity contribution in [1.29, 1.82) is 0 Å². The largest absolute Gasteiger partial charge is 0.403 e. The number of rotatable bonds is 10. The smallest absolute Gasteiger partial charge is 0.385 e. The molecule has 0 spiro atoms. The zero-order valence-electron chi connectivity index (χ0n) is 20.4. The molecule has 2 aromatic heterocycles. The second kappa shape index (κ2) is 11.1. The van der Waals surface area contributed by atoms with E-state index in [1.54, 1.807) is 22.0 Å². The Bertz CT molecular complexity index is 1160. The zero-order chi connectivity index (χ0) is 24.6. The summed E-state index contributed by atoms with van der Waals surface area (Å²) < 4.78 is 6.99. The van der Waals surface area contributed by atoms with Gasteiger partial charge in [-0.15, -0.1) is 9.36 Å². The lowest BCUT2D eigenvalue weighted by Crippen LogP contribution is -2.25. The summed E-state index contributed by atoms with van der Waals surface area (Å²) in [6.45, 7) is 1.71. The van der Waals surface area contributed by atoms with E-state index in [4.69, 9.17) is 0 Å². The van der Waals surface area contributed by atoms with E-state index in [1.165, 1.54) is 0 Å². The van der Waals surface area contributed by atoms with Crippen molar-refractivity contribution in [3.05, 3.63) is 61.2 Å². The van der Waals surface area contributed by atoms with Crippen LogP contribution in [0.5, 0.6) is 0 Å². The van der Waals surface area contributed by atoms with Gasteiger partial charge in [-0.1, -0.05) is 10.2 Å². The van der Waals surface area contributed by atoms with Crippen LogP contribution in [0, 0.1) is 0 Å². The predicted octanol–water partition coefficient (Wildman–Crippen LogP) is 3.55. The number of benzene rings is 2. The molecule has 0 bridgehead atoms. The summed E-state index contributed by atoms with van der Waals surface area (Å²) in [5, 5.41) is 32.2. The first-order valence-corrected chi connectivity index (χ1v) is 11.3. The Hall–Kier alpha value is -4.48. The number of hydrogen-bond acceptors (Lipinski definition) is 8. The molecule has 0 aliphatic rings. The average molecular weight is 475 g/mol. The van der Waals surface area contributed by atoms with Crippen LogP contribution in [0.2, 0.25) is 0 Å². The van der Waals surface area contributed by atoms with Crippen molar-refractivity contribution in [2.45, 2.75) is 6.42 Å². The van der Waals surface area contributed by atoms with Gasteiger partial charge in [0.1, 0.15) is 0 Å². The zero-order valence-corrected chi connectivity index (χ0v) is 20.4. The summed E-state index contributed by atoms with van der Waals surface area (Å²) in [7, 11) is 7.44. The monoisotopic (exact) mass is 474 g/mol. The summed E-state index contributed by atoms with van der Waals surface area (Å²) in [6.07, 6.45) is 4.36. The van der Waals surface area contributed by atoms with Crippen LogP contribution in [0.15, 0.2) is 81.6 Å². The minimum atomic E-state index is 0.678. The maximum Gasteiger partial charge on any atom is 0.403 e. The van der Waals surface area contributed by atoms with E-state index in [1.807, 2.05) is 85.9 Å². The molecule has 0 amide bonds. The number of aromatic nitrogens is 6. The lowest BCUT2D eigenvalue weighted by Gasteiger charge is -2.08. The van der Waals surface area contributed by atoms with Gasteiger partial charge in [0.05, 0.1) is 39.6 Å². The first-order valence-electron chi connectivity index (χ1n) is 11.3. The van der Waals surface area contributed by atoms with Crippen LogP contribution < -0.4 is 19.8 Å². The Morgan fingerprint density at radius 1 is 0.657 bits per heavy atom. The van der Waals surface area contributed by atoms with Crippen molar-refractivity contribution >= 4 is 34.6 Å². The van der Waals surface area contributed by atoms with Crippen molar-refractivity contribution in [3.8, 4) is 0 Å². The Balaban J connectivity index is 1.18. The van der Waals surface area contributed by atoms with Crippen molar-refractivity contribution < 1.29 is 9.13 Å². The molecule has 0 aliphatic carbocycles. The van der Waals surface area contributed by atoms with E-state index in [0.717, 1.165) is 42.3 Å². The Kier molecular flexibility index (Phi) is 7.50. The van der Waals surface area contributed by atoms with Crippen LogP contribution in [-0.4, -0.2) is 32.7 Å². The van der Waals surface area contributed by atoms with Gasteiger partial charge >= 0.3 is 11.9 Å². The SMILES string of the molecule is Cn1nc[n+](C)c1N=Nc1ccc(NCCCNc2ccc(N=Nc3n(C)nc[n+]3C)cc2)cc1. The van der Waals surface area contributed by atoms with Gasteiger partial charge in [-0.25, -0.2) is 9.13 Å². The quantitative estimate of drug-likeness (QED) is 0.208. The summed E-state index contributed by atoms with van der Waals surface area (Å²) in [4.78, 5) is 0. The highest BCUT2D eigenvalue weighted by atomic mass is 15.4. The molecule has 0 saturated carbocycles. The van der Waals surface area contributed by atoms with Crippen LogP contribution in [0.1, 0.15) is 6.42 Å². The number of azo groups is 2. The molecule has 2 heterocycles. The molecule has 4 aromatic rings. The highest BCUT2D eigenvalue weighted by Gasteiger charge is 2.12. The number of anilines is 2. The number of hydrogen-bond donors (Lipinski definition) is 2. The lowest BCUT2D eigenvalue weighted by atomic mass is 10.2. The predicted molar refractivity (Wildman–Crippen MR) is 132 cm³/mol. The minimum Gasteiger partial charge on any atom is -0.385 e.